The van der Waals surface area contributed by atoms with Gasteiger partial charge in [-0.1, -0.05) is 56.9 Å². The Morgan fingerprint density at radius 2 is 1.48 bits per heavy atom. The summed E-state index contributed by atoms with van der Waals surface area (Å²) in [6.45, 7) is 2.28. The lowest BCUT2D eigenvalue weighted by molar-refractivity contribution is 0.152. The van der Waals surface area contributed by atoms with Gasteiger partial charge >= 0.3 is 0 Å². The van der Waals surface area contributed by atoms with Crippen LogP contribution in [0.4, 0.5) is 13.2 Å². The SMILES string of the molecule is CCCCC1CCC(C2CCC(/C=C/C#Cc3cc(F)c(F)c(F)c3)CC2)CC1. The predicted octanol–water partition coefficient (Wildman–Crippen LogP) is 7.81. The number of unbranched alkanes of at least 4 members (excludes halogenated alkanes) is 1. The molecule has 1 aromatic carbocycles. The maximum absolute atomic E-state index is 13.2. The minimum atomic E-state index is -1.45. The van der Waals surface area contributed by atoms with Gasteiger partial charge in [0, 0.05) is 5.56 Å². The maximum atomic E-state index is 13.2. The van der Waals surface area contributed by atoms with Crippen molar-refractivity contribution in [1.29, 1.82) is 0 Å². The first-order chi connectivity index (χ1) is 14.1. The molecule has 0 bridgehead atoms. The van der Waals surface area contributed by atoms with Gasteiger partial charge in [0.05, 0.1) is 0 Å². The van der Waals surface area contributed by atoms with Gasteiger partial charge in [0.1, 0.15) is 0 Å². The highest BCUT2D eigenvalue weighted by molar-refractivity contribution is 5.37. The number of rotatable bonds is 5. The highest BCUT2D eigenvalue weighted by Crippen LogP contribution is 2.42. The van der Waals surface area contributed by atoms with Gasteiger partial charge in [-0.3, -0.25) is 0 Å². The van der Waals surface area contributed by atoms with E-state index in [9.17, 15) is 13.2 Å². The minimum absolute atomic E-state index is 0.157. The highest BCUT2D eigenvalue weighted by atomic mass is 19.2. The van der Waals surface area contributed by atoms with Crippen LogP contribution in [-0.4, -0.2) is 0 Å². The molecule has 0 unspecified atom stereocenters. The molecule has 0 atom stereocenters. The van der Waals surface area contributed by atoms with Gasteiger partial charge in [0.25, 0.3) is 0 Å². The molecule has 0 nitrogen and oxygen atoms in total. The first-order valence-electron chi connectivity index (χ1n) is 11.4. The second-order valence-electron chi connectivity index (χ2n) is 8.98. The number of halogens is 3. The molecule has 0 heterocycles. The lowest BCUT2D eigenvalue weighted by atomic mass is 9.68. The van der Waals surface area contributed by atoms with E-state index in [-0.39, 0.29) is 5.56 Å². The molecule has 3 rings (SSSR count). The summed E-state index contributed by atoms with van der Waals surface area (Å²) in [5.74, 6) is 5.02. The first kappa shape index (κ1) is 22.0. The predicted molar refractivity (Wildman–Crippen MR) is 113 cm³/mol. The van der Waals surface area contributed by atoms with Crippen molar-refractivity contribution < 1.29 is 13.2 Å². The van der Waals surface area contributed by atoms with Gasteiger partial charge in [-0.05, 0) is 80.4 Å². The number of hydrogen-bond donors (Lipinski definition) is 0. The van der Waals surface area contributed by atoms with Crippen molar-refractivity contribution in [3.8, 4) is 11.8 Å². The van der Waals surface area contributed by atoms with E-state index in [1.165, 1.54) is 70.6 Å². The van der Waals surface area contributed by atoms with Crippen LogP contribution in [0.5, 0.6) is 0 Å². The molecule has 158 valence electrons. The zero-order chi connectivity index (χ0) is 20.6. The Labute approximate surface area is 174 Å². The smallest absolute Gasteiger partial charge is 0.194 e. The Hall–Kier alpha value is -1.69. The van der Waals surface area contributed by atoms with E-state index in [0.29, 0.717) is 5.92 Å². The largest absolute Gasteiger partial charge is 0.204 e. The Balaban J connectivity index is 1.41. The molecule has 0 aromatic heterocycles. The third-order valence-electron chi connectivity index (χ3n) is 6.99. The van der Waals surface area contributed by atoms with E-state index in [2.05, 4.69) is 24.8 Å². The van der Waals surface area contributed by atoms with E-state index in [4.69, 9.17) is 0 Å². The Morgan fingerprint density at radius 1 is 0.897 bits per heavy atom. The zero-order valence-corrected chi connectivity index (χ0v) is 17.5. The summed E-state index contributed by atoms with van der Waals surface area (Å²) >= 11 is 0. The molecule has 3 heteroatoms. The molecule has 0 aliphatic heterocycles. The van der Waals surface area contributed by atoms with Crippen molar-refractivity contribution in [3.63, 3.8) is 0 Å². The van der Waals surface area contributed by atoms with Crippen LogP contribution >= 0.6 is 0 Å². The molecule has 29 heavy (non-hydrogen) atoms. The third kappa shape index (κ3) is 6.39. The fourth-order valence-electron chi connectivity index (χ4n) is 5.19. The second-order valence-corrected chi connectivity index (χ2v) is 8.98. The molecule has 0 saturated heterocycles. The first-order valence-corrected chi connectivity index (χ1v) is 11.4. The number of hydrogen-bond acceptors (Lipinski definition) is 0. The fraction of sp³-hybridized carbons (Fsp3) is 0.615. The molecule has 2 aliphatic rings. The van der Waals surface area contributed by atoms with Crippen molar-refractivity contribution in [2.24, 2.45) is 23.7 Å². The Morgan fingerprint density at radius 3 is 2.07 bits per heavy atom. The lowest BCUT2D eigenvalue weighted by Gasteiger charge is -2.37. The Kier molecular flexibility index (Phi) is 8.28. The summed E-state index contributed by atoms with van der Waals surface area (Å²) in [6.07, 6.45) is 18.8. The second kappa shape index (κ2) is 10.9. The topological polar surface area (TPSA) is 0 Å². The van der Waals surface area contributed by atoms with Gasteiger partial charge in [0.15, 0.2) is 17.5 Å². The van der Waals surface area contributed by atoms with Crippen molar-refractivity contribution in [2.45, 2.75) is 77.6 Å². The van der Waals surface area contributed by atoms with Crippen LogP contribution < -0.4 is 0 Å². The summed E-state index contributed by atoms with van der Waals surface area (Å²) < 4.78 is 39.4. The molecular formula is C26H33F3. The summed E-state index contributed by atoms with van der Waals surface area (Å²) in [6, 6.07) is 1.86. The van der Waals surface area contributed by atoms with Gasteiger partial charge in [-0.25, -0.2) is 13.2 Å². The van der Waals surface area contributed by atoms with Crippen LogP contribution in [-0.2, 0) is 0 Å². The molecule has 1 aromatic rings. The van der Waals surface area contributed by atoms with Gasteiger partial charge in [-0.2, -0.15) is 0 Å². The summed E-state index contributed by atoms with van der Waals surface area (Å²) in [7, 11) is 0. The minimum Gasteiger partial charge on any atom is -0.204 e. The van der Waals surface area contributed by atoms with E-state index in [0.717, 1.165) is 29.9 Å². The molecule has 2 aliphatic carbocycles. The Bertz CT molecular complexity index is 716. The molecule has 0 amide bonds. The van der Waals surface area contributed by atoms with Crippen LogP contribution in [0.3, 0.4) is 0 Å². The highest BCUT2D eigenvalue weighted by Gasteiger charge is 2.30. The summed E-state index contributed by atoms with van der Waals surface area (Å²) in [5.41, 5.74) is 0.157. The van der Waals surface area contributed by atoms with Crippen molar-refractivity contribution in [1.82, 2.24) is 0 Å². The van der Waals surface area contributed by atoms with Crippen molar-refractivity contribution >= 4 is 0 Å². The molecular weight excluding hydrogens is 369 g/mol. The third-order valence-corrected chi connectivity index (χ3v) is 6.99. The van der Waals surface area contributed by atoms with E-state index >= 15 is 0 Å². The fourth-order valence-corrected chi connectivity index (χ4v) is 5.19. The van der Waals surface area contributed by atoms with Crippen LogP contribution in [0.1, 0.15) is 83.1 Å². The summed E-state index contributed by atoms with van der Waals surface area (Å²) in [5, 5.41) is 0. The van der Waals surface area contributed by atoms with E-state index < -0.39 is 17.5 Å². The zero-order valence-electron chi connectivity index (χ0n) is 17.5. The van der Waals surface area contributed by atoms with Gasteiger partial charge in [-0.15, -0.1) is 0 Å². The molecule has 2 fully saturated rings. The van der Waals surface area contributed by atoms with Gasteiger partial charge < -0.3 is 0 Å². The van der Waals surface area contributed by atoms with Crippen LogP contribution in [0.25, 0.3) is 0 Å². The van der Waals surface area contributed by atoms with Gasteiger partial charge in [0.2, 0.25) is 0 Å². The van der Waals surface area contributed by atoms with Crippen LogP contribution in [0, 0.1) is 53.0 Å². The van der Waals surface area contributed by atoms with Crippen molar-refractivity contribution in [2.75, 3.05) is 0 Å². The average molecular weight is 403 g/mol. The lowest BCUT2D eigenvalue weighted by Crippen LogP contribution is -2.25. The number of benzene rings is 1. The average Bonchev–Trinajstić information content (AvgIpc) is 2.74. The van der Waals surface area contributed by atoms with E-state index in [1.54, 1.807) is 6.08 Å². The summed E-state index contributed by atoms with van der Waals surface area (Å²) in [4.78, 5) is 0. The maximum Gasteiger partial charge on any atom is 0.194 e. The van der Waals surface area contributed by atoms with Crippen LogP contribution in [0.15, 0.2) is 24.3 Å². The quantitative estimate of drug-likeness (QED) is 0.348. The monoisotopic (exact) mass is 402 g/mol. The van der Waals surface area contributed by atoms with E-state index in [1.807, 2.05) is 0 Å². The molecule has 0 spiro atoms. The molecule has 0 N–H and O–H groups in total. The van der Waals surface area contributed by atoms with Crippen molar-refractivity contribution in [3.05, 3.63) is 47.3 Å². The standard InChI is InChI=1S/C26H33F3/c1-2-3-6-19-9-13-22(14-10-19)23-15-11-20(12-16-23)7-4-5-8-21-17-24(27)26(29)25(28)18-21/h4,7,17-20,22-23H,2-3,6,9-16H2,1H3/b7-4+. The van der Waals surface area contributed by atoms with Crippen LogP contribution in [0.2, 0.25) is 0 Å². The number of allylic oxidation sites excluding steroid dienone is 2. The molecule has 0 radical (unpaired) electrons. The molecule has 2 saturated carbocycles. The normalized spacial score (nSPS) is 27.6.